The number of benzene rings is 4. The molecule has 0 saturated heterocycles. The molecule has 12 aromatic rings. The smallest absolute Gasteiger partial charge is 0.308 e. The fraction of sp³-hybridized carbons (Fsp3) is 0.402. The van der Waals surface area contributed by atoms with Crippen LogP contribution in [0.4, 0.5) is 0 Å². The second-order valence-electron chi connectivity index (χ2n) is 38.4. The highest BCUT2D eigenvalue weighted by molar-refractivity contribution is 7.16. The van der Waals surface area contributed by atoms with Crippen LogP contribution in [0.15, 0.2) is 117 Å². The van der Waals surface area contributed by atoms with E-state index in [-0.39, 0.29) is 49.6 Å². The molecular formula is C107H122N20O8S4. The van der Waals surface area contributed by atoms with Gasteiger partial charge >= 0.3 is 23.9 Å². The largest absolute Gasteiger partial charge is 0.460 e. The SMILES string of the molecule is CNCC#Cc1ccc(C2=N[C@@H](CC(=O)OC(C)(C)C)c3nnc(C)n3-c3sc(C)c(C)c32)cc1.Cc1sc2c(c1C)C(c1ccc(C#CCN(C)C)cc1)=N[C@@H](CC(=O)OC(C)(C)C)c1nnc(C)n1-2.Cc1sc2c(c1C)C(c1ccc(C#CCN)cc1)=N[C@@H](CC(=O)OC(C)(C)C)c1nnc(C)n1-2.Cc1sc2c(c1C)C(c1ccc(C#CCN)cc1)=N[C@H](CC(=O)OC(C)(C)C)c1nnc(C)n1-2. The molecule has 0 radical (unpaired) electrons. The number of carbonyl (C=O) groups excluding carboxylic acids is 4. The first-order valence-electron chi connectivity index (χ1n) is 46.1. The van der Waals surface area contributed by atoms with E-state index in [2.05, 4.69) is 161 Å². The summed E-state index contributed by atoms with van der Waals surface area (Å²) in [6, 6.07) is 30.1. The van der Waals surface area contributed by atoms with Gasteiger partial charge in [-0.3, -0.25) is 62.3 Å². The molecular weight excluding hydrogens is 1820 g/mol. The summed E-state index contributed by atoms with van der Waals surface area (Å²) in [6.45, 7) is 48.9. The summed E-state index contributed by atoms with van der Waals surface area (Å²) in [5.41, 5.74) is 28.4. The average molecular weight is 1940 g/mol. The molecule has 722 valence electrons. The van der Waals surface area contributed by atoms with Crippen molar-refractivity contribution in [1.82, 2.24) is 69.3 Å². The van der Waals surface area contributed by atoms with Crippen LogP contribution >= 0.6 is 45.3 Å². The molecule has 139 heavy (non-hydrogen) atoms. The predicted molar refractivity (Wildman–Crippen MR) is 553 cm³/mol. The summed E-state index contributed by atoms with van der Waals surface area (Å²) in [6.07, 6.45) is 0.317. The van der Waals surface area contributed by atoms with Crippen molar-refractivity contribution >= 4 is 92.1 Å². The number of aliphatic imine (C=N–C) groups is 4. The number of ether oxygens (including phenoxy) is 4. The minimum absolute atomic E-state index is 0.0753. The molecule has 4 aromatic carbocycles. The predicted octanol–water partition coefficient (Wildman–Crippen LogP) is 17.6. The second-order valence-corrected chi connectivity index (χ2v) is 43.3. The topological polar surface area (TPSA) is 345 Å². The lowest BCUT2D eigenvalue weighted by molar-refractivity contribution is -0.156. The van der Waals surface area contributed by atoms with Gasteiger partial charge in [-0.05, 0) is 258 Å². The number of aromatic nitrogens is 12. The van der Waals surface area contributed by atoms with Gasteiger partial charge in [-0.15, -0.1) is 86.1 Å². The van der Waals surface area contributed by atoms with Crippen molar-refractivity contribution in [2.24, 2.45) is 31.4 Å². The van der Waals surface area contributed by atoms with Crippen molar-refractivity contribution in [3.8, 4) is 67.4 Å². The average Bonchev–Trinajstić information content (AvgIpc) is 1.60. The van der Waals surface area contributed by atoms with Crippen LogP contribution in [0.1, 0.15) is 288 Å². The monoisotopic (exact) mass is 1940 g/mol. The lowest BCUT2D eigenvalue weighted by Crippen LogP contribution is -2.25. The molecule has 5 N–H and O–H groups in total. The third-order valence-electron chi connectivity index (χ3n) is 22.5. The minimum atomic E-state index is -0.579. The second kappa shape index (κ2) is 43.1. The Balaban J connectivity index is 0.000000156. The molecule has 0 amide bonds. The van der Waals surface area contributed by atoms with E-state index in [9.17, 15) is 19.2 Å². The van der Waals surface area contributed by atoms with Gasteiger partial charge in [0.25, 0.3) is 0 Å². The van der Waals surface area contributed by atoms with Crippen molar-refractivity contribution < 1.29 is 38.1 Å². The highest BCUT2D eigenvalue weighted by Crippen LogP contribution is 2.46. The molecule has 0 aliphatic carbocycles. The normalized spacial score (nSPS) is 14.9. The van der Waals surface area contributed by atoms with E-state index >= 15 is 0 Å². The maximum Gasteiger partial charge on any atom is 0.308 e. The maximum absolute atomic E-state index is 12.9. The Morgan fingerprint density at radius 2 is 0.561 bits per heavy atom. The van der Waals surface area contributed by atoms with Gasteiger partial charge in [0.05, 0.1) is 74.7 Å². The number of nitrogens with zero attached hydrogens (tertiary/aromatic N) is 17. The summed E-state index contributed by atoms with van der Waals surface area (Å²) in [5.74, 6) is 28.9. The third kappa shape index (κ3) is 24.4. The van der Waals surface area contributed by atoms with Crippen LogP contribution in [0.2, 0.25) is 0 Å². The number of fused-ring (bicyclic) bond motifs is 12. The molecule has 0 fully saturated rings. The van der Waals surface area contributed by atoms with Gasteiger partial charge < -0.3 is 35.7 Å². The van der Waals surface area contributed by atoms with Gasteiger partial charge in [-0.25, -0.2) is 0 Å². The van der Waals surface area contributed by atoms with Gasteiger partial charge in [0.2, 0.25) is 0 Å². The number of nitrogens with two attached hydrogens (primary N) is 2. The molecule has 12 heterocycles. The lowest BCUT2D eigenvalue weighted by atomic mass is 9.98. The third-order valence-corrected chi connectivity index (χ3v) is 27.3. The molecule has 4 aliphatic rings. The Hall–Kier alpha value is -13.1. The lowest BCUT2D eigenvalue weighted by Gasteiger charge is -2.21. The Morgan fingerprint density at radius 1 is 0.345 bits per heavy atom. The van der Waals surface area contributed by atoms with Crippen LogP contribution in [0.25, 0.3) is 20.0 Å². The van der Waals surface area contributed by atoms with E-state index in [1.807, 2.05) is 240 Å². The highest BCUT2D eigenvalue weighted by Gasteiger charge is 2.40. The van der Waals surface area contributed by atoms with Gasteiger partial charge in [-0.1, -0.05) is 95.9 Å². The van der Waals surface area contributed by atoms with E-state index < -0.39 is 46.6 Å². The molecule has 0 bridgehead atoms. The van der Waals surface area contributed by atoms with Gasteiger partial charge in [-0.2, -0.15) is 0 Å². The van der Waals surface area contributed by atoms with E-state index in [1.54, 1.807) is 45.3 Å². The number of rotatable bonds is 14. The Kier molecular flexibility index (Phi) is 32.0. The molecule has 32 heteroatoms. The number of hydrogen-bond donors (Lipinski definition) is 3. The van der Waals surface area contributed by atoms with Crippen molar-refractivity contribution in [2.75, 3.05) is 47.3 Å². The zero-order chi connectivity index (χ0) is 101. The molecule has 0 saturated carbocycles. The first-order valence-corrected chi connectivity index (χ1v) is 49.3. The summed E-state index contributed by atoms with van der Waals surface area (Å²) < 4.78 is 30.6. The van der Waals surface area contributed by atoms with Crippen LogP contribution in [-0.4, -0.2) is 180 Å². The van der Waals surface area contributed by atoms with Crippen molar-refractivity contribution in [3.05, 3.63) is 252 Å². The number of aryl methyl sites for hydroxylation is 8. The molecule has 0 unspecified atom stereocenters. The Bertz CT molecular complexity index is 6860. The van der Waals surface area contributed by atoms with E-state index in [0.29, 0.717) is 49.5 Å². The van der Waals surface area contributed by atoms with Gasteiger partial charge in [0.15, 0.2) is 23.3 Å². The zero-order valence-electron chi connectivity index (χ0n) is 84.4. The molecule has 4 atom stereocenters. The fourth-order valence-electron chi connectivity index (χ4n) is 15.9. The van der Waals surface area contributed by atoms with Crippen LogP contribution in [0.3, 0.4) is 0 Å². The van der Waals surface area contributed by atoms with E-state index in [0.717, 1.165) is 144 Å². The zero-order valence-corrected chi connectivity index (χ0v) is 87.6. The summed E-state index contributed by atoms with van der Waals surface area (Å²) >= 11 is 6.76. The first kappa shape index (κ1) is 103. The van der Waals surface area contributed by atoms with Crippen molar-refractivity contribution in [3.63, 3.8) is 0 Å². The molecule has 0 spiro atoms. The number of nitrogens with one attached hydrogen (secondary N) is 1. The minimum Gasteiger partial charge on any atom is -0.460 e. The summed E-state index contributed by atoms with van der Waals surface area (Å²) in [4.78, 5) is 78.7. The van der Waals surface area contributed by atoms with Gasteiger partial charge in [0, 0.05) is 86.3 Å². The van der Waals surface area contributed by atoms with Crippen LogP contribution in [0, 0.1) is 130 Å². The highest BCUT2D eigenvalue weighted by atomic mass is 32.1. The molecule has 8 aromatic heterocycles. The number of thiophene rings is 4. The molecule has 4 aliphatic heterocycles. The summed E-state index contributed by atoms with van der Waals surface area (Å²) in [7, 11) is 5.88. The van der Waals surface area contributed by atoms with Crippen LogP contribution in [0.5, 0.6) is 0 Å². The molecule has 28 nitrogen and oxygen atoms in total. The van der Waals surface area contributed by atoms with Crippen LogP contribution in [-0.2, 0) is 38.1 Å². The Morgan fingerprint density at radius 3 is 0.763 bits per heavy atom. The van der Waals surface area contributed by atoms with Crippen molar-refractivity contribution in [2.45, 2.75) is 238 Å². The molecule has 16 rings (SSSR count). The Labute approximate surface area is 830 Å². The number of carbonyl (C=O) groups is 4. The number of esters is 4. The van der Waals surface area contributed by atoms with Crippen LogP contribution < -0.4 is 16.8 Å². The quantitative estimate of drug-likeness (QED) is 0.0517. The van der Waals surface area contributed by atoms with E-state index in [4.69, 9.17) is 50.4 Å². The summed E-state index contributed by atoms with van der Waals surface area (Å²) in [5, 5.41) is 42.2. The standard InChI is InChI=1S/C28H33N5O2S.C27H31N5O2S.2C26H29N5O2S/c1-17-18(2)36-27-24(17)25(21-13-11-20(12-14-21)10-9-15-32(7)8)29-22(16-23(34)35-28(4,5)6)26-31-30-19(3)33(26)27;1-16-17(2)35-26-23(16)24(20-12-10-19(11-13-20)9-8-14-28-7)29-21(15-22(33)34-27(4,5)6)25-31-30-18(3)32(25)26;2*1-15-16(2)34-25-22(15)23(19-11-9-18(10-12-19)8-7-13-27)28-20(14-21(32)33-26(4,5)6)24-30-29-17(3)31(24)25/h11-14,22H,15-16H2,1-8H3;10-13,21,28H,14-15H2,1-7H3;2*9-12,20H,13-14,27H2,1-6H3/t22-;21-;2*20-/m0010/s1. The fourth-order valence-corrected chi connectivity index (χ4v) is 20.8. The maximum atomic E-state index is 12.9. The first-order chi connectivity index (χ1) is 65.7. The number of hydrogen-bond acceptors (Lipinski definition) is 28. The van der Waals surface area contributed by atoms with E-state index in [1.165, 1.54) is 30.6 Å². The van der Waals surface area contributed by atoms with Gasteiger partial charge in [0.1, 0.15) is 89.9 Å². The van der Waals surface area contributed by atoms with Crippen molar-refractivity contribution in [1.29, 1.82) is 0 Å².